The van der Waals surface area contributed by atoms with Crippen LogP contribution in [0.4, 0.5) is 0 Å². The van der Waals surface area contributed by atoms with Crippen molar-refractivity contribution in [1.82, 2.24) is 20.3 Å². The molecule has 2 N–H and O–H groups in total. The summed E-state index contributed by atoms with van der Waals surface area (Å²) in [5.74, 6) is 0.298. The first kappa shape index (κ1) is 24.2. The molecule has 5 rings (SSSR count). The summed E-state index contributed by atoms with van der Waals surface area (Å²) < 4.78 is 5.41. The highest BCUT2D eigenvalue weighted by atomic mass is 32.2. The van der Waals surface area contributed by atoms with Gasteiger partial charge in [-0.3, -0.25) is 9.89 Å². The highest BCUT2D eigenvalue weighted by Gasteiger charge is 2.16. The second-order valence-corrected chi connectivity index (χ2v) is 8.65. The van der Waals surface area contributed by atoms with Gasteiger partial charge >= 0.3 is 5.97 Å². The average Bonchev–Trinajstić information content (AvgIpc) is 3.49. The third-order valence-corrected chi connectivity index (χ3v) is 6.23. The molecule has 0 saturated heterocycles. The first-order valence-electron chi connectivity index (χ1n) is 11.3. The Bertz CT molecular complexity index is 1470. The van der Waals surface area contributed by atoms with E-state index in [0.29, 0.717) is 11.0 Å². The summed E-state index contributed by atoms with van der Waals surface area (Å²) in [6.45, 7) is 7.82. The van der Waals surface area contributed by atoms with E-state index in [-0.39, 0.29) is 5.75 Å². The number of hydrogen-bond acceptors (Lipinski definition) is 6. The second kappa shape index (κ2) is 10.6. The number of nitrogens with zero attached hydrogens (tertiary/aromatic N) is 3. The molecule has 0 amide bonds. The molecule has 0 unspecified atom stereocenters. The van der Waals surface area contributed by atoms with Crippen molar-refractivity contribution in [3.63, 3.8) is 0 Å². The fraction of sp³-hybridized carbons (Fsp3) is 0.185. The molecule has 0 atom stereocenters. The molecule has 0 aliphatic heterocycles. The van der Waals surface area contributed by atoms with Crippen LogP contribution in [0.1, 0.15) is 25.3 Å². The highest BCUT2D eigenvalue weighted by molar-refractivity contribution is 7.99. The lowest BCUT2D eigenvalue weighted by Crippen LogP contribution is -1.97. The third-order valence-electron chi connectivity index (χ3n) is 5.40. The summed E-state index contributed by atoms with van der Waals surface area (Å²) in [5, 5.41) is 22.9. The number of carboxylic acids is 1. The molecule has 0 fully saturated rings. The van der Waals surface area contributed by atoms with Crippen molar-refractivity contribution in [2.45, 2.75) is 32.9 Å². The summed E-state index contributed by atoms with van der Waals surface area (Å²) in [7, 11) is 0. The summed E-state index contributed by atoms with van der Waals surface area (Å²) in [5.41, 5.74) is 5.64. The Kier molecular flexibility index (Phi) is 7.31. The normalized spacial score (nSPS) is 10.7. The van der Waals surface area contributed by atoms with Gasteiger partial charge in [0.05, 0.1) is 11.4 Å². The summed E-state index contributed by atoms with van der Waals surface area (Å²) >= 11 is 1.07. The van der Waals surface area contributed by atoms with E-state index in [9.17, 15) is 4.79 Å². The number of fused-ring (bicyclic) bond motifs is 1. The quantitative estimate of drug-likeness (QED) is 0.255. The van der Waals surface area contributed by atoms with E-state index in [1.54, 1.807) is 0 Å². The van der Waals surface area contributed by atoms with Gasteiger partial charge in [-0.15, -0.1) is 5.10 Å². The zero-order valence-corrected chi connectivity index (χ0v) is 20.8. The highest BCUT2D eigenvalue weighted by Crippen LogP contribution is 2.35. The van der Waals surface area contributed by atoms with Crippen molar-refractivity contribution in [3.8, 4) is 33.6 Å². The Hall–Kier alpha value is -3.91. The van der Waals surface area contributed by atoms with Gasteiger partial charge in [-0.1, -0.05) is 67.2 Å². The smallest absolute Gasteiger partial charge is 0.313 e. The van der Waals surface area contributed by atoms with Crippen molar-refractivity contribution < 1.29 is 14.4 Å². The van der Waals surface area contributed by atoms with Crippen LogP contribution >= 0.6 is 11.8 Å². The third kappa shape index (κ3) is 5.27. The maximum absolute atomic E-state index is 10.9. The van der Waals surface area contributed by atoms with Gasteiger partial charge in [0.1, 0.15) is 5.76 Å². The molecule has 2 aromatic heterocycles. The van der Waals surface area contributed by atoms with Crippen molar-refractivity contribution in [3.05, 3.63) is 72.1 Å². The number of carboxylic acid groups (broad SMARTS) is 1. The molecule has 0 spiro atoms. The topological polar surface area (TPSA) is 105 Å². The molecule has 178 valence electrons. The van der Waals surface area contributed by atoms with E-state index in [2.05, 4.69) is 62.8 Å². The van der Waals surface area contributed by atoms with E-state index in [0.717, 1.165) is 56.4 Å². The molecular formula is C27H26N4O3S. The molecule has 0 aliphatic rings. The maximum atomic E-state index is 10.9. The van der Waals surface area contributed by atoms with Gasteiger partial charge in [0.25, 0.3) is 0 Å². The van der Waals surface area contributed by atoms with Crippen LogP contribution < -0.4 is 0 Å². The first-order valence-corrected chi connectivity index (χ1v) is 12.3. The fourth-order valence-corrected chi connectivity index (χ4v) is 4.42. The Morgan fingerprint density at radius 2 is 1.66 bits per heavy atom. The van der Waals surface area contributed by atoms with Gasteiger partial charge in [-0.05, 0) is 65.6 Å². The minimum Gasteiger partial charge on any atom is -0.481 e. The number of nitrogens with one attached hydrogen (secondary N) is 1. The molecule has 0 aliphatic carbocycles. The monoisotopic (exact) mass is 486 g/mol. The Labute approximate surface area is 207 Å². The molecule has 3 aromatic carbocycles. The summed E-state index contributed by atoms with van der Waals surface area (Å²) in [4.78, 5) is 15.4. The van der Waals surface area contributed by atoms with E-state index < -0.39 is 5.97 Å². The Morgan fingerprint density at radius 3 is 2.37 bits per heavy atom. The number of aromatic amines is 1. The zero-order valence-electron chi connectivity index (χ0n) is 20.0. The van der Waals surface area contributed by atoms with Crippen molar-refractivity contribution in [2.75, 3.05) is 5.75 Å². The lowest BCUT2D eigenvalue weighted by Gasteiger charge is -2.10. The number of benzene rings is 3. The van der Waals surface area contributed by atoms with Crippen LogP contribution in [0.25, 0.3) is 44.4 Å². The van der Waals surface area contributed by atoms with E-state index >= 15 is 0 Å². The second-order valence-electron chi connectivity index (χ2n) is 7.71. The van der Waals surface area contributed by atoms with E-state index in [1.807, 2.05) is 45.9 Å². The van der Waals surface area contributed by atoms with E-state index in [1.165, 1.54) is 5.39 Å². The van der Waals surface area contributed by atoms with Gasteiger partial charge in [0.2, 0.25) is 5.16 Å². The molecule has 0 saturated carbocycles. The number of thioether (sulfide) groups is 1. The minimum atomic E-state index is -0.912. The summed E-state index contributed by atoms with van der Waals surface area (Å²) in [6.07, 6.45) is 0. The van der Waals surface area contributed by atoms with Crippen LogP contribution in [0.3, 0.4) is 0 Å². The van der Waals surface area contributed by atoms with Crippen LogP contribution in [0.5, 0.6) is 0 Å². The van der Waals surface area contributed by atoms with Crippen LogP contribution in [0.2, 0.25) is 0 Å². The number of aliphatic carboxylic acids is 1. The predicted molar refractivity (Wildman–Crippen MR) is 139 cm³/mol. The zero-order chi connectivity index (χ0) is 24.9. The minimum absolute atomic E-state index is 0.0985. The molecule has 0 radical (unpaired) electrons. The molecule has 7 nitrogen and oxygen atoms in total. The average molecular weight is 487 g/mol. The SMILES string of the molecule is CC.Cc1noc(C)c1-c1cc(-c2ccc3ccccc3c2)cc(-c2nc(SCC(=O)O)n[nH]2)c1. The summed E-state index contributed by atoms with van der Waals surface area (Å²) in [6, 6.07) is 20.8. The van der Waals surface area contributed by atoms with E-state index in [4.69, 9.17) is 9.63 Å². The van der Waals surface area contributed by atoms with Crippen LogP contribution in [-0.4, -0.2) is 37.2 Å². The fourth-order valence-electron chi connectivity index (χ4n) is 3.91. The Morgan fingerprint density at radius 1 is 0.943 bits per heavy atom. The van der Waals surface area contributed by atoms with Gasteiger partial charge < -0.3 is 9.63 Å². The van der Waals surface area contributed by atoms with Crippen molar-refractivity contribution in [2.24, 2.45) is 0 Å². The predicted octanol–water partition coefficient (Wildman–Crippen LogP) is 6.77. The van der Waals surface area contributed by atoms with Crippen LogP contribution in [-0.2, 0) is 4.79 Å². The molecule has 2 heterocycles. The molecule has 5 aromatic rings. The molecule has 0 bridgehead atoms. The number of H-pyrrole nitrogens is 1. The van der Waals surface area contributed by atoms with Crippen molar-refractivity contribution in [1.29, 1.82) is 0 Å². The molecule has 8 heteroatoms. The number of hydrogen-bond donors (Lipinski definition) is 2. The molecular weight excluding hydrogens is 460 g/mol. The molecule has 35 heavy (non-hydrogen) atoms. The maximum Gasteiger partial charge on any atom is 0.313 e. The van der Waals surface area contributed by atoms with Gasteiger partial charge in [0.15, 0.2) is 5.82 Å². The van der Waals surface area contributed by atoms with Gasteiger partial charge in [0, 0.05) is 11.1 Å². The van der Waals surface area contributed by atoms with Crippen LogP contribution in [0.15, 0.2) is 70.3 Å². The lowest BCUT2D eigenvalue weighted by molar-refractivity contribution is -0.133. The first-order chi connectivity index (χ1) is 17.0. The van der Waals surface area contributed by atoms with Crippen molar-refractivity contribution >= 4 is 28.5 Å². The van der Waals surface area contributed by atoms with Gasteiger partial charge in [-0.25, -0.2) is 4.98 Å². The standard InChI is InChI=1S/C25H20N4O3S.C2H6/c1-14-23(15(2)32-29-14)20-10-19(18-8-7-16-5-3-4-6-17(16)9-18)11-21(12-20)24-26-25(28-27-24)33-13-22(30)31;1-2/h3-12H,13H2,1-2H3,(H,30,31)(H,26,27,28);1-2H3. The number of rotatable bonds is 6. The number of aromatic nitrogens is 4. The number of aryl methyl sites for hydroxylation is 2. The largest absolute Gasteiger partial charge is 0.481 e. The number of carbonyl (C=O) groups is 1. The Balaban J connectivity index is 0.00000141. The van der Waals surface area contributed by atoms with Gasteiger partial charge in [-0.2, -0.15) is 0 Å². The van der Waals surface area contributed by atoms with Crippen LogP contribution in [0, 0.1) is 13.8 Å². The lowest BCUT2D eigenvalue weighted by atomic mass is 9.94.